The second-order valence-electron chi connectivity index (χ2n) is 5.61. The Balaban J connectivity index is 2.21. The lowest BCUT2D eigenvalue weighted by atomic mass is 9.86. The number of nitro groups is 1. The van der Waals surface area contributed by atoms with Crippen LogP contribution in [-0.2, 0) is 0 Å². The number of nitrogens with zero attached hydrogens (tertiary/aromatic N) is 2. The number of rotatable bonds is 5. The van der Waals surface area contributed by atoms with Crippen molar-refractivity contribution in [2.75, 3.05) is 5.32 Å². The molecule has 24 heavy (non-hydrogen) atoms. The number of allylic oxidation sites excluding steroid dienone is 2. The van der Waals surface area contributed by atoms with Crippen LogP contribution < -0.4 is 5.32 Å². The number of hydrogen-bond donors (Lipinski definition) is 2. The van der Waals surface area contributed by atoms with Crippen LogP contribution in [0.1, 0.15) is 43.2 Å². The van der Waals surface area contributed by atoms with Crippen molar-refractivity contribution >= 4 is 29.0 Å². The fourth-order valence-corrected chi connectivity index (χ4v) is 3.38. The predicted molar refractivity (Wildman–Crippen MR) is 94.1 cm³/mol. The lowest BCUT2D eigenvalue weighted by molar-refractivity contribution is -0.430. The highest BCUT2D eigenvalue weighted by molar-refractivity contribution is 6.42. The van der Waals surface area contributed by atoms with Crippen molar-refractivity contribution in [2.45, 2.75) is 32.1 Å². The number of aromatic nitrogens is 2. The molecule has 1 aromatic carbocycles. The first-order valence-electron chi connectivity index (χ1n) is 7.66. The van der Waals surface area contributed by atoms with Gasteiger partial charge in [0.1, 0.15) is 5.92 Å². The van der Waals surface area contributed by atoms with Gasteiger partial charge in [-0.3, -0.25) is 15.2 Å². The third-order valence-electron chi connectivity index (χ3n) is 4.10. The predicted octanol–water partition coefficient (Wildman–Crippen LogP) is 4.95. The van der Waals surface area contributed by atoms with Crippen LogP contribution in [0.3, 0.4) is 0 Å². The summed E-state index contributed by atoms with van der Waals surface area (Å²) in [5, 5.41) is 22.6. The summed E-state index contributed by atoms with van der Waals surface area (Å²) in [6, 6.07) is 5.18. The summed E-state index contributed by atoms with van der Waals surface area (Å²) < 4.78 is 0. The summed E-state index contributed by atoms with van der Waals surface area (Å²) in [7, 11) is 0. The van der Waals surface area contributed by atoms with Crippen LogP contribution in [0.2, 0.25) is 10.0 Å². The van der Waals surface area contributed by atoms with Gasteiger partial charge in [-0.2, -0.15) is 5.10 Å². The molecule has 0 radical (unpaired) electrons. The Labute approximate surface area is 149 Å². The Bertz CT molecular complexity index is 816. The summed E-state index contributed by atoms with van der Waals surface area (Å²) in [6.45, 7) is 2.04. The van der Waals surface area contributed by atoms with Crippen molar-refractivity contribution in [2.24, 2.45) is 0 Å². The molecule has 1 aliphatic heterocycles. The van der Waals surface area contributed by atoms with E-state index in [0.29, 0.717) is 39.1 Å². The Morgan fingerprint density at radius 2 is 2.12 bits per heavy atom. The topological polar surface area (TPSA) is 83.8 Å². The molecular formula is C16H16Cl2N4O2. The molecule has 0 fully saturated rings. The lowest BCUT2D eigenvalue weighted by Gasteiger charge is -2.24. The standard InChI is InChI=1S/C16H16Cl2N4O2/c1-2-3-7-12-15(22(23)24)13(10-8-19-21-16(10)20-12)9-5-4-6-11(17)14(9)18/h4-6,8,13H,2-3,7H2,1H3,(H2,19,20,21). The van der Waals surface area contributed by atoms with E-state index in [1.54, 1.807) is 24.4 Å². The molecule has 1 aliphatic rings. The molecule has 0 spiro atoms. The van der Waals surface area contributed by atoms with Gasteiger partial charge >= 0.3 is 0 Å². The van der Waals surface area contributed by atoms with E-state index < -0.39 is 5.92 Å². The van der Waals surface area contributed by atoms with Gasteiger partial charge in [0.2, 0.25) is 0 Å². The van der Waals surface area contributed by atoms with Crippen molar-refractivity contribution in [1.29, 1.82) is 0 Å². The highest BCUT2D eigenvalue weighted by atomic mass is 35.5. The van der Waals surface area contributed by atoms with Gasteiger partial charge in [0, 0.05) is 11.8 Å². The number of halogens is 2. The van der Waals surface area contributed by atoms with Crippen molar-refractivity contribution < 1.29 is 4.92 Å². The Kier molecular flexibility index (Phi) is 4.78. The van der Waals surface area contributed by atoms with Crippen LogP contribution in [0.15, 0.2) is 35.8 Å². The maximum atomic E-state index is 11.8. The minimum Gasteiger partial charge on any atom is -0.337 e. The van der Waals surface area contributed by atoms with Crippen molar-refractivity contribution in [3.8, 4) is 0 Å². The second kappa shape index (κ2) is 6.83. The SMILES string of the molecule is CCCCC1=C([N+](=O)[O-])C(c2cccc(Cl)c2Cl)c2c[nH]nc2N1. The molecule has 2 aromatic rings. The zero-order valence-corrected chi connectivity index (χ0v) is 14.5. The molecule has 1 aromatic heterocycles. The number of fused-ring (bicyclic) bond motifs is 1. The van der Waals surface area contributed by atoms with Gasteiger partial charge in [0.05, 0.1) is 20.7 Å². The van der Waals surface area contributed by atoms with Crippen molar-refractivity contribution in [1.82, 2.24) is 10.2 Å². The summed E-state index contributed by atoms with van der Waals surface area (Å²) in [6.07, 6.45) is 4.01. The van der Waals surface area contributed by atoms with E-state index in [9.17, 15) is 10.1 Å². The molecule has 0 saturated carbocycles. The normalized spacial score (nSPS) is 16.7. The smallest absolute Gasteiger partial charge is 0.277 e. The Morgan fingerprint density at radius 3 is 2.83 bits per heavy atom. The van der Waals surface area contributed by atoms with Gasteiger partial charge in [-0.1, -0.05) is 48.7 Å². The minimum absolute atomic E-state index is 0.0986. The molecule has 1 unspecified atom stereocenters. The van der Waals surface area contributed by atoms with Crippen LogP contribution in [-0.4, -0.2) is 15.1 Å². The van der Waals surface area contributed by atoms with Gasteiger partial charge in [0.15, 0.2) is 5.82 Å². The number of H-pyrrole nitrogens is 1. The van der Waals surface area contributed by atoms with Gasteiger partial charge < -0.3 is 5.32 Å². The van der Waals surface area contributed by atoms with Gasteiger partial charge in [-0.25, -0.2) is 0 Å². The molecule has 0 amide bonds. The fraction of sp³-hybridized carbons (Fsp3) is 0.312. The maximum absolute atomic E-state index is 11.8. The van der Waals surface area contributed by atoms with Crippen molar-refractivity contribution in [3.63, 3.8) is 0 Å². The molecule has 6 nitrogen and oxygen atoms in total. The van der Waals surface area contributed by atoms with Crippen LogP contribution >= 0.6 is 23.2 Å². The number of aromatic amines is 1. The van der Waals surface area contributed by atoms with E-state index in [1.807, 2.05) is 6.92 Å². The van der Waals surface area contributed by atoms with E-state index in [2.05, 4.69) is 15.5 Å². The van der Waals surface area contributed by atoms with E-state index >= 15 is 0 Å². The van der Waals surface area contributed by atoms with Crippen molar-refractivity contribution in [3.05, 3.63) is 67.1 Å². The molecule has 2 heterocycles. The lowest BCUT2D eigenvalue weighted by Crippen LogP contribution is -2.23. The van der Waals surface area contributed by atoms with Crippen LogP contribution in [0, 0.1) is 10.1 Å². The zero-order chi connectivity index (χ0) is 17.3. The monoisotopic (exact) mass is 366 g/mol. The summed E-state index contributed by atoms with van der Waals surface area (Å²) in [5.74, 6) is -0.0270. The number of benzene rings is 1. The minimum atomic E-state index is -0.618. The summed E-state index contributed by atoms with van der Waals surface area (Å²) in [4.78, 5) is 11.5. The molecule has 0 aliphatic carbocycles. The summed E-state index contributed by atoms with van der Waals surface area (Å²) in [5.41, 5.74) is 1.96. The molecule has 0 bridgehead atoms. The first-order valence-corrected chi connectivity index (χ1v) is 8.42. The molecule has 3 rings (SSSR count). The number of anilines is 1. The zero-order valence-electron chi connectivity index (χ0n) is 13.0. The highest BCUT2D eigenvalue weighted by Gasteiger charge is 2.39. The van der Waals surface area contributed by atoms with Crippen LogP contribution in [0.5, 0.6) is 0 Å². The van der Waals surface area contributed by atoms with Gasteiger partial charge in [-0.15, -0.1) is 0 Å². The largest absolute Gasteiger partial charge is 0.337 e. The average Bonchev–Trinajstić information content (AvgIpc) is 3.02. The highest BCUT2D eigenvalue weighted by Crippen LogP contribution is 2.45. The molecule has 8 heteroatoms. The average molecular weight is 367 g/mol. The molecule has 0 saturated heterocycles. The van der Waals surface area contributed by atoms with Crippen LogP contribution in [0.25, 0.3) is 0 Å². The molecule has 2 N–H and O–H groups in total. The number of unbranched alkanes of at least 4 members (excludes halogenated alkanes) is 1. The van der Waals surface area contributed by atoms with E-state index in [-0.39, 0.29) is 10.6 Å². The molecular weight excluding hydrogens is 351 g/mol. The fourth-order valence-electron chi connectivity index (χ4n) is 2.97. The Hall–Kier alpha value is -2.05. The first kappa shape index (κ1) is 16.8. The van der Waals surface area contributed by atoms with Gasteiger partial charge in [-0.05, 0) is 24.5 Å². The quantitative estimate of drug-likeness (QED) is 0.578. The third-order valence-corrected chi connectivity index (χ3v) is 4.94. The Morgan fingerprint density at radius 1 is 1.33 bits per heavy atom. The molecule has 1 atom stereocenters. The maximum Gasteiger partial charge on any atom is 0.277 e. The van der Waals surface area contributed by atoms with E-state index in [1.165, 1.54) is 0 Å². The second-order valence-corrected chi connectivity index (χ2v) is 6.40. The molecule has 126 valence electrons. The number of nitrogens with one attached hydrogen (secondary N) is 2. The van der Waals surface area contributed by atoms with E-state index in [4.69, 9.17) is 23.2 Å². The van der Waals surface area contributed by atoms with Crippen LogP contribution in [0.4, 0.5) is 5.82 Å². The number of hydrogen-bond acceptors (Lipinski definition) is 4. The van der Waals surface area contributed by atoms with Gasteiger partial charge in [0.25, 0.3) is 5.70 Å². The summed E-state index contributed by atoms with van der Waals surface area (Å²) >= 11 is 12.5. The third kappa shape index (κ3) is 2.87. The van der Waals surface area contributed by atoms with E-state index in [0.717, 1.165) is 12.8 Å². The first-order chi connectivity index (χ1) is 11.5.